The molecule has 0 bridgehead atoms. The molecule has 1 saturated heterocycles. The lowest BCUT2D eigenvalue weighted by Gasteiger charge is -2.25. The van der Waals surface area contributed by atoms with Gasteiger partial charge in [0.05, 0.1) is 6.54 Å². The normalized spacial score (nSPS) is 17.8. The summed E-state index contributed by atoms with van der Waals surface area (Å²) in [5.74, 6) is -2.16. The second-order valence-electron chi connectivity index (χ2n) is 7.68. The fourth-order valence-corrected chi connectivity index (χ4v) is 3.72. The fourth-order valence-electron chi connectivity index (χ4n) is 3.72. The number of halogens is 1. The summed E-state index contributed by atoms with van der Waals surface area (Å²) in [6, 6.07) is 10.1. The second-order valence-corrected chi connectivity index (χ2v) is 7.68. The van der Waals surface area contributed by atoms with Crippen LogP contribution in [0.15, 0.2) is 42.5 Å². The zero-order chi connectivity index (χ0) is 23.5. The zero-order valence-electron chi connectivity index (χ0n) is 18.1. The number of amides is 5. The molecule has 3 rings (SSSR count). The van der Waals surface area contributed by atoms with Crippen LogP contribution in [0.5, 0.6) is 0 Å². The van der Waals surface area contributed by atoms with E-state index >= 15 is 0 Å². The summed E-state index contributed by atoms with van der Waals surface area (Å²) in [5, 5.41) is 7.80. The molecule has 2 aromatic carbocycles. The van der Waals surface area contributed by atoms with E-state index < -0.39 is 41.7 Å². The molecule has 1 aliphatic heterocycles. The maximum absolute atomic E-state index is 13.3. The van der Waals surface area contributed by atoms with Crippen molar-refractivity contribution in [1.29, 1.82) is 0 Å². The molecule has 0 unspecified atom stereocenters. The van der Waals surface area contributed by atoms with Crippen LogP contribution >= 0.6 is 0 Å². The van der Waals surface area contributed by atoms with Crippen molar-refractivity contribution >= 4 is 29.4 Å². The van der Waals surface area contributed by atoms with Gasteiger partial charge in [0.25, 0.3) is 5.91 Å². The number of nitrogens with zero attached hydrogens (tertiary/aromatic N) is 1. The van der Waals surface area contributed by atoms with Crippen LogP contribution in [0.25, 0.3) is 0 Å². The molecule has 1 fully saturated rings. The fraction of sp³-hybridized carbons (Fsp3) is 0.304. The Bertz CT molecular complexity index is 1050. The topological polar surface area (TPSA) is 108 Å². The first-order valence-electron chi connectivity index (χ1n) is 10.2. The van der Waals surface area contributed by atoms with Crippen molar-refractivity contribution in [3.8, 4) is 0 Å². The molecule has 8 nitrogen and oxygen atoms in total. The maximum Gasteiger partial charge on any atom is 0.325 e. The Balaban J connectivity index is 1.62. The molecule has 1 aliphatic rings. The van der Waals surface area contributed by atoms with Gasteiger partial charge in [-0.25, -0.2) is 9.18 Å². The van der Waals surface area contributed by atoms with Crippen LogP contribution in [0.2, 0.25) is 0 Å². The van der Waals surface area contributed by atoms with Gasteiger partial charge in [-0.1, -0.05) is 37.3 Å². The van der Waals surface area contributed by atoms with Crippen LogP contribution in [0.4, 0.5) is 14.9 Å². The van der Waals surface area contributed by atoms with Gasteiger partial charge in [-0.3, -0.25) is 19.3 Å². The van der Waals surface area contributed by atoms with Gasteiger partial charge in [-0.15, -0.1) is 0 Å². The predicted octanol–water partition coefficient (Wildman–Crippen LogP) is 2.35. The van der Waals surface area contributed by atoms with Crippen molar-refractivity contribution in [3.05, 3.63) is 65.0 Å². The number of urea groups is 1. The van der Waals surface area contributed by atoms with Crippen LogP contribution in [0.1, 0.15) is 30.0 Å². The molecular formula is C23H25FN4O4. The van der Waals surface area contributed by atoms with Crippen molar-refractivity contribution in [2.45, 2.75) is 32.7 Å². The SMILES string of the molecule is CC[C@@]1(c2ccc(F)cc2)NC(=O)N(CC(=O)NCC(=O)Nc2c(C)cccc2C)C1=O. The van der Waals surface area contributed by atoms with E-state index in [9.17, 15) is 23.6 Å². The van der Waals surface area contributed by atoms with Crippen LogP contribution in [-0.2, 0) is 19.9 Å². The third-order valence-electron chi connectivity index (χ3n) is 5.54. The van der Waals surface area contributed by atoms with Crippen LogP contribution in [0, 0.1) is 19.7 Å². The summed E-state index contributed by atoms with van der Waals surface area (Å²) < 4.78 is 13.3. The largest absolute Gasteiger partial charge is 0.345 e. The minimum absolute atomic E-state index is 0.222. The van der Waals surface area contributed by atoms with E-state index in [0.717, 1.165) is 16.0 Å². The lowest BCUT2D eigenvalue weighted by Crippen LogP contribution is -2.45. The van der Waals surface area contributed by atoms with Crippen molar-refractivity contribution in [3.63, 3.8) is 0 Å². The number of carbonyl (C=O) groups is 4. The number of hydrogen-bond acceptors (Lipinski definition) is 4. The summed E-state index contributed by atoms with van der Waals surface area (Å²) in [5.41, 5.74) is 1.51. The Hall–Kier alpha value is -3.75. The summed E-state index contributed by atoms with van der Waals surface area (Å²) >= 11 is 0. The third-order valence-corrected chi connectivity index (χ3v) is 5.54. The number of para-hydroxylation sites is 1. The van der Waals surface area contributed by atoms with Gasteiger partial charge < -0.3 is 16.0 Å². The van der Waals surface area contributed by atoms with E-state index in [2.05, 4.69) is 16.0 Å². The van der Waals surface area contributed by atoms with Crippen LogP contribution in [-0.4, -0.2) is 41.7 Å². The Morgan fingerprint density at radius 3 is 2.25 bits per heavy atom. The van der Waals surface area contributed by atoms with Gasteiger partial charge in [0.15, 0.2) is 0 Å². The summed E-state index contributed by atoms with van der Waals surface area (Å²) in [6.45, 7) is 4.58. The van der Waals surface area contributed by atoms with Crippen molar-refractivity contribution in [2.75, 3.05) is 18.4 Å². The van der Waals surface area contributed by atoms with Crippen molar-refractivity contribution in [1.82, 2.24) is 15.5 Å². The van der Waals surface area contributed by atoms with E-state index in [-0.39, 0.29) is 13.0 Å². The van der Waals surface area contributed by atoms with Crippen molar-refractivity contribution < 1.29 is 23.6 Å². The molecule has 0 aliphatic carbocycles. The molecule has 0 spiro atoms. The Kier molecular flexibility index (Phi) is 6.57. The minimum Gasteiger partial charge on any atom is -0.345 e. The molecule has 0 radical (unpaired) electrons. The number of nitrogens with one attached hydrogen (secondary N) is 3. The standard InChI is InChI=1S/C23H25FN4O4/c1-4-23(16-8-10-17(24)11-9-16)21(31)28(22(32)27-23)13-19(30)25-12-18(29)26-20-14(2)6-5-7-15(20)3/h5-11H,4,12-13H2,1-3H3,(H,25,30)(H,26,29)(H,27,32)/t23-/m0/s1. The predicted molar refractivity (Wildman–Crippen MR) is 116 cm³/mol. The molecule has 32 heavy (non-hydrogen) atoms. The number of carbonyl (C=O) groups excluding carboxylic acids is 4. The Morgan fingerprint density at radius 2 is 1.66 bits per heavy atom. The van der Waals surface area contributed by atoms with Gasteiger partial charge in [0, 0.05) is 5.69 Å². The van der Waals surface area contributed by atoms with E-state index in [1.54, 1.807) is 6.92 Å². The lowest BCUT2D eigenvalue weighted by molar-refractivity contribution is -0.135. The zero-order valence-corrected chi connectivity index (χ0v) is 18.1. The molecule has 1 atom stereocenters. The van der Waals surface area contributed by atoms with Gasteiger partial charge in [0.1, 0.15) is 17.9 Å². The van der Waals surface area contributed by atoms with Crippen molar-refractivity contribution in [2.24, 2.45) is 0 Å². The number of anilines is 1. The average molecular weight is 440 g/mol. The third kappa shape index (κ3) is 4.46. The number of benzene rings is 2. The number of imide groups is 1. The summed E-state index contributed by atoms with van der Waals surface area (Å²) in [7, 11) is 0. The smallest absolute Gasteiger partial charge is 0.325 e. The number of rotatable bonds is 7. The van der Waals surface area contributed by atoms with Crippen LogP contribution < -0.4 is 16.0 Å². The van der Waals surface area contributed by atoms with Gasteiger partial charge >= 0.3 is 6.03 Å². The first-order valence-corrected chi connectivity index (χ1v) is 10.2. The molecule has 5 amide bonds. The van der Waals surface area contributed by atoms with E-state index in [0.29, 0.717) is 11.3 Å². The second kappa shape index (κ2) is 9.17. The Labute approximate surface area is 185 Å². The number of hydrogen-bond donors (Lipinski definition) is 3. The quantitative estimate of drug-likeness (QED) is 0.575. The highest BCUT2D eigenvalue weighted by Crippen LogP contribution is 2.32. The van der Waals surface area contributed by atoms with E-state index in [4.69, 9.17) is 0 Å². The highest BCUT2D eigenvalue weighted by atomic mass is 19.1. The van der Waals surface area contributed by atoms with Gasteiger partial charge in [-0.05, 0) is 49.1 Å². The number of aryl methyl sites for hydroxylation is 2. The molecule has 3 N–H and O–H groups in total. The van der Waals surface area contributed by atoms with Crippen LogP contribution in [0.3, 0.4) is 0 Å². The molecule has 9 heteroatoms. The van der Waals surface area contributed by atoms with E-state index in [1.807, 2.05) is 32.0 Å². The average Bonchev–Trinajstić information content (AvgIpc) is 3.00. The monoisotopic (exact) mass is 440 g/mol. The summed E-state index contributed by atoms with van der Waals surface area (Å²) in [4.78, 5) is 50.9. The minimum atomic E-state index is -1.37. The first kappa shape index (κ1) is 22.9. The highest BCUT2D eigenvalue weighted by Gasteiger charge is 2.51. The summed E-state index contributed by atoms with van der Waals surface area (Å²) in [6.07, 6.45) is 0.222. The first-order chi connectivity index (χ1) is 15.2. The lowest BCUT2D eigenvalue weighted by atomic mass is 9.87. The molecule has 0 aromatic heterocycles. The molecule has 0 saturated carbocycles. The molecule has 2 aromatic rings. The van der Waals surface area contributed by atoms with Gasteiger partial charge in [-0.2, -0.15) is 0 Å². The molecule has 168 valence electrons. The van der Waals surface area contributed by atoms with Gasteiger partial charge in [0.2, 0.25) is 11.8 Å². The Morgan fingerprint density at radius 1 is 1.03 bits per heavy atom. The molecular weight excluding hydrogens is 415 g/mol. The molecule has 1 heterocycles. The maximum atomic E-state index is 13.3. The van der Waals surface area contributed by atoms with E-state index in [1.165, 1.54) is 24.3 Å². The highest BCUT2D eigenvalue weighted by molar-refractivity contribution is 6.09.